The van der Waals surface area contributed by atoms with Crippen LogP contribution in [0.5, 0.6) is 0 Å². The molecule has 2 aliphatic heterocycles. The molecule has 2 unspecified atom stereocenters. The summed E-state index contributed by atoms with van der Waals surface area (Å²) in [5, 5.41) is 14.8. The summed E-state index contributed by atoms with van der Waals surface area (Å²) >= 11 is 12.6. The number of carboxylic acid groups (broad SMARTS) is 1. The predicted molar refractivity (Wildman–Crippen MR) is 147 cm³/mol. The van der Waals surface area contributed by atoms with Crippen molar-refractivity contribution in [3.63, 3.8) is 0 Å². The number of benzene rings is 1. The van der Waals surface area contributed by atoms with Gasteiger partial charge in [0.25, 0.3) is 0 Å². The van der Waals surface area contributed by atoms with Crippen molar-refractivity contribution in [3.8, 4) is 0 Å². The molecule has 5 rings (SSSR count). The van der Waals surface area contributed by atoms with Crippen molar-refractivity contribution in [1.29, 1.82) is 0 Å². The fourth-order valence-electron chi connectivity index (χ4n) is 6.17. The van der Waals surface area contributed by atoms with Crippen LogP contribution in [-0.2, 0) is 4.79 Å². The molecule has 2 aromatic heterocycles. The van der Waals surface area contributed by atoms with E-state index in [0.29, 0.717) is 41.7 Å². The van der Waals surface area contributed by atoms with Crippen molar-refractivity contribution >= 4 is 46.2 Å². The predicted octanol–water partition coefficient (Wildman–Crippen LogP) is 5.84. The molecule has 4 heterocycles. The van der Waals surface area contributed by atoms with Gasteiger partial charge in [0.2, 0.25) is 0 Å². The highest BCUT2D eigenvalue weighted by atomic mass is 35.5. The van der Waals surface area contributed by atoms with Gasteiger partial charge in [-0.05, 0) is 63.3 Å². The second kappa shape index (κ2) is 10.8. The highest BCUT2D eigenvalue weighted by Crippen LogP contribution is 2.36. The number of nitrogens with zero attached hydrogens (tertiary/aromatic N) is 6. The minimum atomic E-state index is -3.71. The van der Waals surface area contributed by atoms with Gasteiger partial charge in [-0.1, -0.05) is 36.2 Å². The molecule has 4 atom stereocenters. The molecule has 12 heteroatoms. The van der Waals surface area contributed by atoms with E-state index in [2.05, 4.69) is 21.7 Å². The number of aliphatic carboxylic acids is 1. The Kier molecular flexibility index (Phi) is 7.74. The third kappa shape index (κ3) is 5.43. The normalized spacial score (nSPS) is 23.5. The molecule has 3 aromatic rings. The van der Waals surface area contributed by atoms with Gasteiger partial charge in [0, 0.05) is 41.6 Å². The van der Waals surface area contributed by atoms with Gasteiger partial charge >= 0.3 is 11.9 Å². The number of alkyl halides is 2. The minimum Gasteiger partial charge on any atom is -0.477 e. The van der Waals surface area contributed by atoms with Crippen LogP contribution < -0.4 is 4.90 Å². The molecule has 2 saturated heterocycles. The fraction of sp³-hybridized carbons (Fsp3) is 0.556. The van der Waals surface area contributed by atoms with Gasteiger partial charge in [-0.25, -0.2) is 19.4 Å². The summed E-state index contributed by atoms with van der Waals surface area (Å²) in [6.07, 6.45) is 3.29. The molecule has 210 valence electrons. The summed E-state index contributed by atoms with van der Waals surface area (Å²) in [6, 6.07) is 4.88. The average Bonchev–Trinajstić information content (AvgIpc) is 3.46. The molecular weight excluding hydrogens is 549 g/mol. The van der Waals surface area contributed by atoms with Crippen molar-refractivity contribution in [3.05, 3.63) is 45.7 Å². The van der Waals surface area contributed by atoms with Crippen molar-refractivity contribution < 1.29 is 18.7 Å². The van der Waals surface area contributed by atoms with E-state index in [0.717, 1.165) is 35.4 Å². The number of anilines is 1. The van der Waals surface area contributed by atoms with Crippen molar-refractivity contribution in [2.75, 3.05) is 24.5 Å². The molecule has 0 amide bonds. The minimum absolute atomic E-state index is 0.106. The Balaban J connectivity index is 1.35. The standard InChI is InChI=1S/C27H32Cl2F2N6O2/c1-15-14-35(10-8-22(15)36-9-4-5-19(36)12-27(30,31)26(38)39)23-13-32-24-16(2)34-37(25(24)33-23)17(3)20-7-6-18(28)11-21(20)29/h6-7,11,13,15,17,19,22H,4-5,8-10,12,14H2,1-3H3,(H,38,39)/t15?,17-,19+,22?/m1/s1. The number of halogens is 4. The number of hydrogen-bond donors (Lipinski definition) is 1. The Morgan fingerprint density at radius 2 is 2.03 bits per heavy atom. The van der Waals surface area contributed by atoms with Gasteiger partial charge in [-0.3, -0.25) is 4.90 Å². The van der Waals surface area contributed by atoms with Crippen LogP contribution in [-0.4, -0.2) is 73.4 Å². The van der Waals surface area contributed by atoms with Crippen LogP contribution in [0.2, 0.25) is 10.0 Å². The van der Waals surface area contributed by atoms with Gasteiger partial charge in [0.15, 0.2) is 5.65 Å². The monoisotopic (exact) mass is 580 g/mol. The number of likely N-dealkylation sites (tertiary alicyclic amines) is 1. The molecule has 1 N–H and O–H groups in total. The van der Waals surface area contributed by atoms with Crippen molar-refractivity contribution in [1.82, 2.24) is 24.6 Å². The van der Waals surface area contributed by atoms with E-state index in [1.54, 1.807) is 18.3 Å². The third-order valence-corrected chi connectivity index (χ3v) is 8.74. The van der Waals surface area contributed by atoms with Crippen LogP contribution in [0.3, 0.4) is 0 Å². The summed E-state index contributed by atoms with van der Waals surface area (Å²) in [6.45, 7) is 8.12. The SMILES string of the molecule is Cc1nn([C@H](C)c2ccc(Cl)cc2Cl)c2nc(N3CCC(N4CCC[C@H]4CC(F)(F)C(=O)O)C(C)C3)cnc12. The lowest BCUT2D eigenvalue weighted by molar-refractivity contribution is -0.167. The highest BCUT2D eigenvalue weighted by molar-refractivity contribution is 6.35. The van der Waals surface area contributed by atoms with Gasteiger partial charge < -0.3 is 10.0 Å². The highest BCUT2D eigenvalue weighted by Gasteiger charge is 2.46. The molecule has 39 heavy (non-hydrogen) atoms. The molecule has 0 aliphatic carbocycles. The summed E-state index contributed by atoms with van der Waals surface area (Å²) in [5.41, 5.74) is 3.03. The van der Waals surface area contributed by atoms with E-state index in [1.807, 2.05) is 24.6 Å². The quantitative estimate of drug-likeness (QED) is 0.375. The molecular formula is C27H32Cl2F2N6O2. The number of rotatable bonds is 7. The Labute approximate surface area is 235 Å². The first-order chi connectivity index (χ1) is 18.5. The maximum atomic E-state index is 14.0. The zero-order valence-electron chi connectivity index (χ0n) is 22.1. The zero-order valence-corrected chi connectivity index (χ0v) is 23.6. The first-order valence-electron chi connectivity index (χ1n) is 13.2. The number of carboxylic acids is 1. The number of fused-ring (bicyclic) bond motifs is 1. The summed E-state index contributed by atoms with van der Waals surface area (Å²) in [5.74, 6) is -4.85. The molecule has 0 spiro atoms. The number of hydrogen-bond acceptors (Lipinski definition) is 6. The Hall–Kier alpha value is -2.56. The van der Waals surface area contributed by atoms with Gasteiger partial charge in [-0.15, -0.1) is 0 Å². The van der Waals surface area contributed by atoms with Crippen LogP contribution in [0.4, 0.5) is 14.6 Å². The summed E-state index contributed by atoms with van der Waals surface area (Å²) < 4.78 is 29.9. The number of aryl methyl sites for hydroxylation is 1. The summed E-state index contributed by atoms with van der Waals surface area (Å²) in [4.78, 5) is 25.0. The molecule has 8 nitrogen and oxygen atoms in total. The maximum absolute atomic E-state index is 14.0. The second-order valence-electron chi connectivity index (χ2n) is 10.8. The van der Waals surface area contributed by atoms with E-state index < -0.39 is 24.4 Å². The zero-order chi connectivity index (χ0) is 28.1. The molecule has 0 bridgehead atoms. The van der Waals surface area contributed by atoms with Gasteiger partial charge in [0.05, 0.1) is 17.9 Å². The topological polar surface area (TPSA) is 87.4 Å². The molecule has 2 aliphatic rings. The lowest BCUT2D eigenvalue weighted by atomic mass is 9.91. The first kappa shape index (κ1) is 28.0. The fourth-order valence-corrected chi connectivity index (χ4v) is 6.73. The average molecular weight is 581 g/mol. The Morgan fingerprint density at radius 1 is 1.26 bits per heavy atom. The number of piperidine rings is 1. The van der Waals surface area contributed by atoms with Crippen LogP contribution in [0.15, 0.2) is 24.4 Å². The van der Waals surface area contributed by atoms with Gasteiger partial charge in [-0.2, -0.15) is 13.9 Å². The smallest absolute Gasteiger partial charge is 0.374 e. The van der Waals surface area contributed by atoms with E-state index in [9.17, 15) is 13.6 Å². The lowest BCUT2D eigenvalue weighted by Crippen LogP contribution is -2.53. The van der Waals surface area contributed by atoms with Crippen LogP contribution in [0.25, 0.3) is 11.2 Å². The number of aromatic nitrogens is 4. The Bertz CT molecular complexity index is 1390. The maximum Gasteiger partial charge on any atom is 0.374 e. The van der Waals surface area contributed by atoms with E-state index in [-0.39, 0.29) is 18.0 Å². The number of carbonyl (C=O) groups is 1. The van der Waals surface area contributed by atoms with E-state index in [1.165, 1.54) is 0 Å². The Morgan fingerprint density at radius 3 is 2.72 bits per heavy atom. The third-order valence-electron chi connectivity index (χ3n) is 8.18. The first-order valence-corrected chi connectivity index (χ1v) is 14.0. The van der Waals surface area contributed by atoms with E-state index in [4.69, 9.17) is 38.4 Å². The largest absolute Gasteiger partial charge is 0.477 e. The molecule has 2 fully saturated rings. The van der Waals surface area contributed by atoms with Crippen molar-refractivity contribution in [2.45, 2.75) is 70.5 Å². The summed E-state index contributed by atoms with van der Waals surface area (Å²) in [7, 11) is 0. The van der Waals surface area contributed by atoms with E-state index >= 15 is 0 Å². The molecule has 0 saturated carbocycles. The second-order valence-corrected chi connectivity index (χ2v) is 11.6. The van der Waals surface area contributed by atoms with Crippen LogP contribution >= 0.6 is 23.2 Å². The lowest BCUT2D eigenvalue weighted by Gasteiger charge is -2.44. The molecule has 1 aromatic carbocycles. The van der Waals surface area contributed by atoms with Gasteiger partial charge in [0.1, 0.15) is 11.3 Å². The molecule has 0 radical (unpaired) electrons. The van der Waals surface area contributed by atoms with Crippen LogP contribution in [0, 0.1) is 12.8 Å². The van der Waals surface area contributed by atoms with Crippen LogP contribution in [0.1, 0.15) is 56.8 Å². The van der Waals surface area contributed by atoms with Crippen molar-refractivity contribution in [2.24, 2.45) is 5.92 Å².